The molecule has 1 aromatic carbocycles. The maximum Gasteiger partial charge on any atom is 0.130 e. The van der Waals surface area contributed by atoms with E-state index in [1.54, 1.807) is 25.3 Å². The number of hydrogen-bond acceptors (Lipinski definition) is 1. The molecule has 0 heterocycles. The van der Waals surface area contributed by atoms with Crippen molar-refractivity contribution >= 4 is 6.08 Å². The molecule has 0 amide bonds. The Morgan fingerprint density at radius 3 is 2.85 bits per heavy atom. The minimum atomic E-state index is -0.184. The van der Waals surface area contributed by atoms with Gasteiger partial charge < -0.3 is 4.74 Å². The fourth-order valence-corrected chi connectivity index (χ4v) is 1.01. The number of methoxy groups -OCH3 is 1. The zero-order valence-electron chi connectivity index (χ0n) is 7.66. The van der Waals surface area contributed by atoms with Gasteiger partial charge >= 0.3 is 0 Å². The molecule has 0 atom stereocenters. The molecule has 1 rings (SSSR count). The van der Waals surface area contributed by atoms with Crippen molar-refractivity contribution in [2.24, 2.45) is 0 Å². The minimum Gasteiger partial charge on any atom is -0.384 e. The molecule has 0 bridgehead atoms. The summed E-state index contributed by atoms with van der Waals surface area (Å²) in [6.07, 6.45) is 4.49. The van der Waals surface area contributed by atoms with Crippen molar-refractivity contribution < 1.29 is 9.13 Å². The third-order valence-corrected chi connectivity index (χ3v) is 1.69. The summed E-state index contributed by atoms with van der Waals surface area (Å²) in [6.45, 7) is 0.672. The highest BCUT2D eigenvalue weighted by Gasteiger charge is 1.93. The molecule has 0 unspecified atom stereocenters. The molecule has 0 saturated heterocycles. The maximum atomic E-state index is 13.0. The van der Waals surface area contributed by atoms with Crippen molar-refractivity contribution in [2.75, 3.05) is 13.7 Å². The van der Waals surface area contributed by atoms with Crippen LogP contribution in [0.2, 0.25) is 0 Å². The maximum absolute atomic E-state index is 13.0. The van der Waals surface area contributed by atoms with Gasteiger partial charge in [-0.1, -0.05) is 30.4 Å². The number of halogens is 1. The van der Waals surface area contributed by atoms with Gasteiger partial charge in [-0.25, -0.2) is 4.39 Å². The second kappa shape index (κ2) is 5.49. The van der Waals surface area contributed by atoms with Crippen LogP contribution in [-0.4, -0.2) is 13.7 Å². The second-order valence-electron chi connectivity index (χ2n) is 2.71. The van der Waals surface area contributed by atoms with E-state index in [0.717, 1.165) is 6.42 Å². The standard InChI is InChI=1S/C11H13FO/c1-13-9-5-4-7-10-6-2-3-8-11(10)12/h2-4,6-8H,5,9H2,1H3/b7-4+. The summed E-state index contributed by atoms with van der Waals surface area (Å²) < 4.78 is 17.9. The molecule has 0 aliphatic carbocycles. The number of rotatable bonds is 4. The Bertz CT molecular complexity index is 281. The summed E-state index contributed by atoms with van der Waals surface area (Å²) in [6, 6.07) is 6.70. The molecule has 0 saturated carbocycles. The quantitative estimate of drug-likeness (QED) is 0.647. The first-order valence-electron chi connectivity index (χ1n) is 4.24. The summed E-state index contributed by atoms with van der Waals surface area (Å²) in [5.41, 5.74) is 0.624. The van der Waals surface area contributed by atoms with Crippen molar-refractivity contribution in [2.45, 2.75) is 6.42 Å². The van der Waals surface area contributed by atoms with Crippen molar-refractivity contribution in [3.63, 3.8) is 0 Å². The molecule has 0 fully saturated rings. The van der Waals surface area contributed by atoms with Gasteiger partial charge in [0.05, 0.1) is 0 Å². The topological polar surface area (TPSA) is 9.23 Å². The zero-order valence-corrected chi connectivity index (χ0v) is 7.66. The van der Waals surface area contributed by atoms with Gasteiger partial charge in [-0.2, -0.15) is 0 Å². The molecular weight excluding hydrogens is 167 g/mol. The molecule has 0 aromatic heterocycles. The van der Waals surface area contributed by atoms with Gasteiger partial charge in [0.2, 0.25) is 0 Å². The van der Waals surface area contributed by atoms with Gasteiger partial charge in [-0.05, 0) is 12.5 Å². The molecule has 0 spiro atoms. The molecule has 70 valence electrons. The van der Waals surface area contributed by atoms with E-state index in [1.165, 1.54) is 6.07 Å². The van der Waals surface area contributed by atoms with Gasteiger partial charge in [0.15, 0.2) is 0 Å². The largest absolute Gasteiger partial charge is 0.384 e. The van der Waals surface area contributed by atoms with Crippen LogP contribution in [0.3, 0.4) is 0 Å². The molecular formula is C11H13FO. The van der Waals surface area contributed by atoms with E-state index in [9.17, 15) is 4.39 Å². The van der Waals surface area contributed by atoms with Crippen LogP contribution in [0.1, 0.15) is 12.0 Å². The second-order valence-corrected chi connectivity index (χ2v) is 2.71. The monoisotopic (exact) mass is 180 g/mol. The lowest BCUT2D eigenvalue weighted by Crippen LogP contribution is -1.84. The van der Waals surface area contributed by atoms with E-state index in [2.05, 4.69) is 0 Å². The Balaban J connectivity index is 2.53. The van der Waals surface area contributed by atoms with E-state index in [-0.39, 0.29) is 5.82 Å². The van der Waals surface area contributed by atoms with Crippen molar-refractivity contribution in [3.8, 4) is 0 Å². The molecule has 0 N–H and O–H groups in total. The van der Waals surface area contributed by atoms with Gasteiger partial charge in [-0.3, -0.25) is 0 Å². The average Bonchev–Trinajstić information content (AvgIpc) is 2.15. The van der Waals surface area contributed by atoms with Crippen LogP contribution >= 0.6 is 0 Å². The van der Waals surface area contributed by atoms with Crippen LogP contribution < -0.4 is 0 Å². The lowest BCUT2D eigenvalue weighted by molar-refractivity contribution is 0.204. The lowest BCUT2D eigenvalue weighted by Gasteiger charge is -1.95. The molecule has 0 aliphatic rings. The van der Waals surface area contributed by atoms with E-state index >= 15 is 0 Å². The van der Waals surface area contributed by atoms with E-state index in [4.69, 9.17) is 4.74 Å². The Kier molecular flexibility index (Phi) is 4.19. The molecule has 0 aliphatic heterocycles. The van der Waals surface area contributed by atoms with Crippen LogP contribution in [-0.2, 0) is 4.74 Å². The van der Waals surface area contributed by atoms with Crippen LogP contribution in [0, 0.1) is 5.82 Å². The Morgan fingerprint density at radius 2 is 2.15 bits per heavy atom. The first kappa shape index (κ1) is 9.93. The fraction of sp³-hybridized carbons (Fsp3) is 0.273. The summed E-state index contributed by atoms with van der Waals surface area (Å²) in [7, 11) is 1.65. The molecule has 1 aromatic rings. The number of ether oxygens (including phenoxy) is 1. The lowest BCUT2D eigenvalue weighted by atomic mass is 10.2. The number of benzene rings is 1. The number of hydrogen-bond donors (Lipinski definition) is 0. The fourth-order valence-electron chi connectivity index (χ4n) is 1.01. The molecule has 0 radical (unpaired) electrons. The minimum absolute atomic E-state index is 0.184. The van der Waals surface area contributed by atoms with Crippen molar-refractivity contribution in [1.82, 2.24) is 0 Å². The Labute approximate surface area is 77.8 Å². The average molecular weight is 180 g/mol. The van der Waals surface area contributed by atoms with Crippen LogP contribution in [0.25, 0.3) is 6.08 Å². The SMILES string of the molecule is COCC/C=C/c1ccccc1F. The van der Waals surface area contributed by atoms with Crippen LogP contribution in [0.15, 0.2) is 30.3 Å². The third kappa shape index (κ3) is 3.38. The van der Waals surface area contributed by atoms with Gasteiger partial charge in [-0.15, -0.1) is 0 Å². The van der Waals surface area contributed by atoms with Crippen molar-refractivity contribution in [3.05, 3.63) is 41.7 Å². The van der Waals surface area contributed by atoms with Crippen LogP contribution in [0.4, 0.5) is 4.39 Å². The zero-order chi connectivity index (χ0) is 9.52. The first-order valence-corrected chi connectivity index (χ1v) is 4.24. The Hall–Kier alpha value is -1.15. The van der Waals surface area contributed by atoms with Gasteiger partial charge in [0, 0.05) is 19.3 Å². The highest BCUT2D eigenvalue weighted by Crippen LogP contribution is 2.08. The summed E-state index contributed by atoms with van der Waals surface area (Å²) in [5.74, 6) is -0.184. The molecule has 1 nitrogen and oxygen atoms in total. The Morgan fingerprint density at radius 1 is 1.38 bits per heavy atom. The summed E-state index contributed by atoms with van der Waals surface area (Å²) in [5, 5.41) is 0. The smallest absolute Gasteiger partial charge is 0.130 e. The summed E-state index contributed by atoms with van der Waals surface area (Å²) >= 11 is 0. The summed E-state index contributed by atoms with van der Waals surface area (Å²) in [4.78, 5) is 0. The third-order valence-electron chi connectivity index (χ3n) is 1.69. The predicted molar refractivity (Wildman–Crippen MR) is 51.9 cm³/mol. The van der Waals surface area contributed by atoms with E-state index < -0.39 is 0 Å². The van der Waals surface area contributed by atoms with E-state index in [1.807, 2.05) is 12.1 Å². The van der Waals surface area contributed by atoms with Gasteiger partial charge in [0.25, 0.3) is 0 Å². The highest BCUT2D eigenvalue weighted by molar-refractivity contribution is 5.49. The van der Waals surface area contributed by atoms with Gasteiger partial charge in [0.1, 0.15) is 5.82 Å². The predicted octanol–water partition coefficient (Wildman–Crippen LogP) is 2.88. The highest BCUT2D eigenvalue weighted by atomic mass is 19.1. The first-order chi connectivity index (χ1) is 6.34. The molecule has 2 heteroatoms. The van der Waals surface area contributed by atoms with E-state index in [0.29, 0.717) is 12.2 Å². The van der Waals surface area contributed by atoms with Crippen LogP contribution in [0.5, 0.6) is 0 Å². The van der Waals surface area contributed by atoms with Crippen molar-refractivity contribution in [1.29, 1.82) is 0 Å². The normalized spacial score (nSPS) is 10.9. The molecule has 13 heavy (non-hydrogen) atoms.